The Kier molecular flexibility index (Phi) is 5.49. The lowest BCUT2D eigenvalue weighted by atomic mass is 10.0. The summed E-state index contributed by atoms with van der Waals surface area (Å²) < 4.78 is 0. The van der Waals surface area contributed by atoms with Crippen LogP contribution in [-0.2, 0) is 4.79 Å². The van der Waals surface area contributed by atoms with Crippen molar-refractivity contribution in [1.82, 2.24) is 20.1 Å². The van der Waals surface area contributed by atoms with E-state index in [4.69, 9.17) is 0 Å². The molecule has 2 heterocycles. The molecule has 1 aliphatic heterocycles. The number of aromatic nitrogens is 1. The van der Waals surface area contributed by atoms with Crippen LogP contribution < -0.4 is 5.32 Å². The first-order valence-electron chi connectivity index (χ1n) is 7.41. The lowest BCUT2D eigenvalue weighted by Crippen LogP contribution is -2.50. The summed E-state index contributed by atoms with van der Waals surface area (Å²) >= 11 is 0. The number of likely N-dealkylation sites (N-methyl/N-ethyl adjacent to an activating group) is 1. The van der Waals surface area contributed by atoms with E-state index in [-0.39, 0.29) is 11.9 Å². The van der Waals surface area contributed by atoms with Crippen LogP contribution in [-0.4, -0.2) is 60.0 Å². The third-order valence-electron chi connectivity index (χ3n) is 3.85. The zero-order chi connectivity index (χ0) is 14.4. The summed E-state index contributed by atoms with van der Waals surface area (Å²) in [4.78, 5) is 21.1. The molecule has 5 heteroatoms. The average molecular weight is 276 g/mol. The van der Waals surface area contributed by atoms with E-state index < -0.39 is 0 Å². The van der Waals surface area contributed by atoms with Crippen LogP contribution in [0, 0.1) is 0 Å². The number of amides is 1. The van der Waals surface area contributed by atoms with Crippen molar-refractivity contribution in [3.05, 3.63) is 30.1 Å². The molecule has 1 aliphatic rings. The van der Waals surface area contributed by atoms with E-state index in [1.165, 1.54) is 0 Å². The largest absolute Gasteiger partial charge is 0.342 e. The predicted molar refractivity (Wildman–Crippen MR) is 79.3 cm³/mol. The molecule has 0 bridgehead atoms. The Bertz CT molecular complexity index is 413. The van der Waals surface area contributed by atoms with Gasteiger partial charge < -0.3 is 10.2 Å². The minimum atomic E-state index is -0.181. The molecule has 1 saturated heterocycles. The molecule has 0 spiro atoms. The first-order valence-corrected chi connectivity index (χ1v) is 7.41. The van der Waals surface area contributed by atoms with Gasteiger partial charge in [0.1, 0.15) is 6.04 Å². The van der Waals surface area contributed by atoms with Gasteiger partial charge in [-0.05, 0) is 31.5 Å². The van der Waals surface area contributed by atoms with E-state index in [1.54, 1.807) is 12.4 Å². The number of carbonyl (C=O) groups is 1. The summed E-state index contributed by atoms with van der Waals surface area (Å²) in [5.74, 6) is 0.197. The Morgan fingerprint density at radius 1 is 1.30 bits per heavy atom. The molecule has 0 aliphatic carbocycles. The van der Waals surface area contributed by atoms with Gasteiger partial charge in [-0.25, -0.2) is 0 Å². The molecule has 20 heavy (non-hydrogen) atoms. The minimum absolute atomic E-state index is 0.181. The van der Waals surface area contributed by atoms with Crippen molar-refractivity contribution in [2.24, 2.45) is 0 Å². The maximum absolute atomic E-state index is 12.8. The normalized spacial score (nSPS) is 17.7. The fraction of sp³-hybridized carbons (Fsp3) is 0.600. The number of hydrogen-bond donors (Lipinski definition) is 1. The summed E-state index contributed by atoms with van der Waals surface area (Å²) in [6.07, 6.45) is 3.53. The number of piperazine rings is 1. The molecule has 5 nitrogen and oxygen atoms in total. The van der Waals surface area contributed by atoms with Gasteiger partial charge in [0.05, 0.1) is 0 Å². The van der Waals surface area contributed by atoms with Gasteiger partial charge in [0.15, 0.2) is 0 Å². The summed E-state index contributed by atoms with van der Waals surface area (Å²) in [5, 5.41) is 3.34. The highest BCUT2D eigenvalue weighted by Crippen LogP contribution is 2.23. The SMILES string of the molecule is CCN(CC)C(=O)C(c1ccncc1)N1CCNCC1. The van der Waals surface area contributed by atoms with Gasteiger partial charge in [-0.15, -0.1) is 0 Å². The molecule has 0 saturated carbocycles. The van der Waals surface area contributed by atoms with Crippen LogP contribution in [0.15, 0.2) is 24.5 Å². The topological polar surface area (TPSA) is 48.5 Å². The number of nitrogens with zero attached hydrogens (tertiary/aromatic N) is 3. The van der Waals surface area contributed by atoms with Gasteiger partial charge in [-0.1, -0.05) is 0 Å². The van der Waals surface area contributed by atoms with Crippen LogP contribution in [0.4, 0.5) is 0 Å². The maximum atomic E-state index is 12.8. The van der Waals surface area contributed by atoms with E-state index in [1.807, 2.05) is 30.9 Å². The summed E-state index contributed by atoms with van der Waals surface area (Å²) in [6.45, 7) is 9.25. The zero-order valence-electron chi connectivity index (χ0n) is 12.4. The van der Waals surface area contributed by atoms with Gasteiger partial charge in [0.25, 0.3) is 0 Å². The highest BCUT2D eigenvalue weighted by atomic mass is 16.2. The zero-order valence-corrected chi connectivity index (χ0v) is 12.4. The van der Waals surface area contributed by atoms with E-state index in [9.17, 15) is 4.79 Å². The summed E-state index contributed by atoms with van der Waals surface area (Å²) in [5.41, 5.74) is 1.04. The highest BCUT2D eigenvalue weighted by molar-refractivity contribution is 5.83. The third kappa shape index (κ3) is 3.35. The molecule has 1 aromatic rings. The van der Waals surface area contributed by atoms with Crippen molar-refractivity contribution in [1.29, 1.82) is 0 Å². The highest BCUT2D eigenvalue weighted by Gasteiger charge is 2.30. The molecule has 0 radical (unpaired) electrons. The number of carbonyl (C=O) groups excluding carboxylic acids is 1. The van der Waals surface area contributed by atoms with Crippen LogP contribution in [0.2, 0.25) is 0 Å². The number of rotatable bonds is 5. The Hall–Kier alpha value is -1.46. The molecular formula is C15H24N4O. The van der Waals surface area contributed by atoms with Gasteiger partial charge in [0.2, 0.25) is 5.91 Å². The van der Waals surface area contributed by atoms with Crippen LogP contribution in [0.25, 0.3) is 0 Å². The Labute approximate surface area is 121 Å². The van der Waals surface area contributed by atoms with Crippen molar-refractivity contribution in [2.75, 3.05) is 39.3 Å². The van der Waals surface area contributed by atoms with Crippen LogP contribution in [0.3, 0.4) is 0 Å². The van der Waals surface area contributed by atoms with Crippen LogP contribution >= 0.6 is 0 Å². The second-order valence-corrected chi connectivity index (χ2v) is 4.98. The van der Waals surface area contributed by atoms with E-state index >= 15 is 0 Å². The van der Waals surface area contributed by atoms with Gasteiger partial charge in [-0.3, -0.25) is 14.7 Å². The van der Waals surface area contributed by atoms with Crippen molar-refractivity contribution in [3.63, 3.8) is 0 Å². The Morgan fingerprint density at radius 2 is 1.90 bits per heavy atom. The van der Waals surface area contributed by atoms with Crippen molar-refractivity contribution >= 4 is 5.91 Å². The molecular weight excluding hydrogens is 252 g/mol. The van der Waals surface area contributed by atoms with Gasteiger partial charge in [0, 0.05) is 51.7 Å². The molecule has 1 amide bonds. The second kappa shape index (κ2) is 7.36. The number of pyridine rings is 1. The summed E-state index contributed by atoms with van der Waals surface area (Å²) in [7, 11) is 0. The van der Waals surface area contributed by atoms with E-state index in [0.29, 0.717) is 0 Å². The van der Waals surface area contributed by atoms with Crippen molar-refractivity contribution in [2.45, 2.75) is 19.9 Å². The summed E-state index contributed by atoms with van der Waals surface area (Å²) in [6, 6.07) is 3.72. The fourth-order valence-corrected chi connectivity index (χ4v) is 2.70. The third-order valence-corrected chi connectivity index (χ3v) is 3.85. The van der Waals surface area contributed by atoms with Gasteiger partial charge in [-0.2, -0.15) is 0 Å². The standard InChI is InChI=1S/C15H24N4O/c1-3-18(4-2)15(20)14(13-5-7-16-8-6-13)19-11-9-17-10-12-19/h5-8,14,17H,3-4,9-12H2,1-2H3. The quantitative estimate of drug-likeness (QED) is 0.868. The smallest absolute Gasteiger partial charge is 0.244 e. The molecule has 1 fully saturated rings. The Morgan fingerprint density at radius 3 is 2.45 bits per heavy atom. The molecule has 1 N–H and O–H groups in total. The number of hydrogen-bond acceptors (Lipinski definition) is 4. The van der Waals surface area contributed by atoms with Gasteiger partial charge >= 0.3 is 0 Å². The fourth-order valence-electron chi connectivity index (χ4n) is 2.70. The lowest BCUT2D eigenvalue weighted by molar-refractivity contribution is -0.137. The molecule has 2 rings (SSSR count). The van der Waals surface area contributed by atoms with E-state index in [2.05, 4.69) is 15.2 Å². The molecule has 0 aromatic carbocycles. The molecule has 1 unspecified atom stereocenters. The number of nitrogens with one attached hydrogen (secondary N) is 1. The second-order valence-electron chi connectivity index (χ2n) is 4.98. The van der Waals surface area contributed by atoms with Crippen LogP contribution in [0.1, 0.15) is 25.5 Å². The maximum Gasteiger partial charge on any atom is 0.244 e. The molecule has 110 valence electrons. The monoisotopic (exact) mass is 276 g/mol. The van der Waals surface area contributed by atoms with Crippen molar-refractivity contribution < 1.29 is 4.79 Å². The lowest BCUT2D eigenvalue weighted by Gasteiger charge is -2.36. The Balaban J connectivity index is 2.26. The van der Waals surface area contributed by atoms with E-state index in [0.717, 1.165) is 44.8 Å². The van der Waals surface area contributed by atoms with Crippen molar-refractivity contribution in [3.8, 4) is 0 Å². The first kappa shape index (κ1) is 14.9. The predicted octanol–water partition coefficient (Wildman–Crippen LogP) is 0.896. The average Bonchev–Trinajstić information content (AvgIpc) is 2.51. The molecule has 1 atom stereocenters. The first-order chi connectivity index (χ1) is 9.77. The van der Waals surface area contributed by atoms with Crippen LogP contribution in [0.5, 0.6) is 0 Å². The minimum Gasteiger partial charge on any atom is -0.342 e. The molecule has 1 aromatic heterocycles.